The van der Waals surface area contributed by atoms with Gasteiger partial charge in [0.15, 0.2) is 0 Å². The molecule has 6 nitrogen and oxygen atoms in total. The molecular formula is C19H27N3O3. The van der Waals surface area contributed by atoms with E-state index in [1.165, 1.54) is 12.8 Å². The van der Waals surface area contributed by atoms with Gasteiger partial charge in [-0.2, -0.15) is 0 Å². The van der Waals surface area contributed by atoms with Crippen molar-refractivity contribution in [2.45, 2.75) is 44.6 Å². The van der Waals surface area contributed by atoms with Crippen LogP contribution in [0.2, 0.25) is 0 Å². The van der Waals surface area contributed by atoms with Crippen molar-refractivity contribution in [3.63, 3.8) is 0 Å². The number of carboxylic acids is 1. The lowest BCUT2D eigenvalue weighted by atomic mass is 10.0. The first-order valence-electron chi connectivity index (χ1n) is 9.28. The lowest BCUT2D eigenvalue weighted by Crippen LogP contribution is -2.35. The van der Waals surface area contributed by atoms with Gasteiger partial charge in [-0.25, -0.2) is 4.79 Å². The fourth-order valence-corrected chi connectivity index (χ4v) is 3.73. The van der Waals surface area contributed by atoms with Gasteiger partial charge in [-0.05, 0) is 56.5 Å². The number of urea groups is 1. The SMILES string of the molecule is O=C(O)[C@H](c1ccc(NC(=O)N2CCCC2)cc1)N1CCCCCC1. The molecule has 0 aromatic heterocycles. The summed E-state index contributed by atoms with van der Waals surface area (Å²) in [5.74, 6) is -0.809. The highest BCUT2D eigenvalue weighted by molar-refractivity contribution is 5.89. The molecule has 2 aliphatic heterocycles. The van der Waals surface area contributed by atoms with E-state index in [-0.39, 0.29) is 6.03 Å². The van der Waals surface area contributed by atoms with E-state index in [4.69, 9.17) is 0 Å². The molecule has 2 fully saturated rings. The number of carbonyl (C=O) groups excluding carboxylic acids is 1. The van der Waals surface area contributed by atoms with Gasteiger partial charge in [0.05, 0.1) is 0 Å². The lowest BCUT2D eigenvalue weighted by molar-refractivity contribution is -0.143. The summed E-state index contributed by atoms with van der Waals surface area (Å²) in [4.78, 5) is 27.8. The van der Waals surface area contributed by atoms with Crippen LogP contribution in [0, 0.1) is 0 Å². The molecule has 136 valence electrons. The summed E-state index contributed by atoms with van der Waals surface area (Å²) in [6, 6.07) is 6.56. The van der Waals surface area contributed by atoms with E-state index < -0.39 is 12.0 Å². The standard InChI is InChI=1S/C19H27N3O3/c23-18(24)17(21-11-3-1-2-4-12-21)15-7-9-16(10-8-15)20-19(25)22-13-5-6-14-22/h7-10,17H,1-6,11-14H2,(H,20,25)(H,23,24)/t17-/m0/s1. The first-order valence-corrected chi connectivity index (χ1v) is 9.28. The molecule has 1 aromatic carbocycles. The molecule has 0 bridgehead atoms. The fraction of sp³-hybridized carbons (Fsp3) is 0.579. The van der Waals surface area contributed by atoms with Crippen molar-refractivity contribution in [1.29, 1.82) is 0 Å². The highest BCUT2D eigenvalue weighted by Crippen LogP contribution is 2.26. The third-order valence-corrected chi connectivity index (χ3v) is 5.11. The number of hydrogen-bond donors (Lipinski definition) is 2. The van der Waals surface area contributed by atoms with Crippen LogP contribution in [-0.4, -0.2) is 53.1 Å². The number of carboxylic acid groups (broad SMARTS) is 1. The molecular weight excluding hydrogens is 318 g/mol. The minimum absolute atomic E-state index is 0.0763. The Morgan fingerprint density at radius 2 is 1.44 bits per heavy atom. The van der Waals surface area contributed by atoms with Gasteiger partial charge in [0.1, 0.15) is 6.04 Å². The number of anilines is 1. The van der Waals surface area contributed by atoms with Crippen molar-refractivity contribution in [3.8, 4) is 0 Å². The maximum Gasteiger partial charge on any atom is 0.325 e. The molecule has 1 atom stereocenters. The average Bonchev–Trinajstić information content (AvgIpc) is 3.01. The summed E-state index contributed by atoms with van der Waals surface area (Å²) in [7, 11) is 0. The van der Waals surface area contributed by atoms with Crippen molar-refractivity contribution in [1.82, 2.24) is 9.80 Å². The zero-order valence-corrected chi connectivity index (χ0v) is 14.6. The maximum atomic E-state index is 12.1. The highest BCUT2D eigenvalue weighted by Gasteiger charge is 2.27. The van der Waals surface area contributed by atoms with E-state index in [9.17, 15) is 14.7 Å². The Bertz CT molecular complexity index is 588. The number of rotatable bonds is 4. The third-order valence-electron chi connectivity index (χ3n) is 5.11. The van der Waals surface area contributed by atoms with Crippen LogP contribution in [0.5, 0.6) is 0 Å². The number of carbonyl (C=O) groups is 2. The number of hydrogen-bond acceptors (Lipinski definition) is 3. The largest absolute Gasteiger partial charge is 0.480 e. The first-order chi connectivity index (χ1) is 12.1. The van der Waals surface area contributed by atoms with Gasteiger partial charge in [0, 0.05) is 18.8 Å². The predicted molar refractivity (Wildman–Crippen MR) is 96.7 cm³/mol. The highest BCUT2D eigenvalue weighted by atomic mass is 16.4. The van der Waals surface area contributed by atoms with Crippen LogP contribution in [0.3, 0.4) is 0 Å². The minimum Gasteiger partial charge on any atom is -0.480 e. The Morgan fingerprint density at radius 1 is 0.880 bits per heavy atom. The average molecular weight is 345 g/mol. The summed E-state index contributed by atoms with van der Waals surface area (Å²) >= 11 is 0. The van der Waals surface area contributed by atoms with Gasteiger partial charge in [-0.1, -0.05) is 25.0 Å². The van der Waals surface area contributed by atoms with Crippen molar-refractivity contribution >= 4 is 17.7 Å². The summed E-state index contributed by atoms with van der Waals surface area (Å²) in [6.45, 7) is 3.26. The van der Waals surface area contributed by atoms with Gasteiger partial charge in [0.25, 0.3) is 0 Å². The van der Waals surface area contributed by atoms with Gasteiger partial charge in [-0.15, -0.1) is 0 Å². The lowest BCUT2D eigenvalue weighted by Gasteiger charge is -2.27. The first kappa shape index (κ1) is 17.7. The second-order valence-electron chi connectivity index (χ2n) is 6.94. The molecule has 0 aliphatic carbocycles. The Labute approximate surface area is 148 Å². The van der Waals surface area contributed by atoms with Crippen LogP contribution < -0.4 is 5.32 Å². The monoisotopic (exact) mass is 345 g/mol. The Balaban J connectivity index is 1.68. The van der Waals surface area contributed by atoms with Crippen molar-refractivity contribution in [2.75, 3.05) is 31.5 Å². The number of nitrogens with zero attached hydrogens (tertiary/aromatic N) is 2. The number of nitrogens with one attached hydrogen (secondary N) is 1. The molecule has 2 heterocycles. The Morgan fingerprint density at radius 3 is 2.00 bits per heavy atom. The quantitative estimate of drug-likeness (QED) is 0.878. The molecule has 1 aromatic rings. The minimum atomic E-state index is -0.809. The number of amides is 2. The van der Waals surface area contributed by atoms with Gasteiger partial charge in [0.2, 0.25) is 0 Å². The molecule has 0 spiro atoms. The van der Waals surface area contributed by atoms with Gasteiger partial charge < -0.3 is 15.3 Å². The van der Waals surface area contributed by atoms with E-state index in [0.717, 1.165) is 57.4 Å². The molecule has 0 saturated carbocycles. The zero-order valence-electron chi connectivity index (χ0n) is 14.6. The van der Waals surface area contributed by atoms with E-state index in [1.807, 2.05) is 17.0 Å². The molecule has 2 saturated heterocycles. The maximum absolute atomic E-state index is 12.1. The second-order valence-corrected chi connectivity index (χ2v) is 6.94. The normalized spacial score (nSPS) is 20.1. The molecule has 3 rings (SSSR count). The van der Waals surface area contributed by atoms with Crippen LogP contribution in [-0.2, 0) is 4.79 Å². The smallest absolute Gasteiger partial charge is 0.325 e. The summed E-state index contributed by atoms with van der Waals surface area (Å²) < 4.78 is 0. The fourth-order valence-electron chi connectivity index (χ4n) is 3.73. The summed E-state index contributed by atoms with van der Waals surface area (Å²) in [6.07, 6.45) is 6.56. The Kier molecular flexibility index (Phi) is 5.91. The molecule has 2 N–H and O–H groups in total. The second kappa shape index (κ2) is 8.34. The molecule has 2 aliphatic rings. The van der Waals surface area contributed by atoms with E-state index in [2.05, 4.69) is 10.2 Å². The summed E-state index contributed by atoms with van der Waals surface area (Å²) in [5, 5.41) is 12.6. The van der Waals surface area contributed by atoms with Crippen LogP contribution in [0.1, 0.15) is 50.1 Å². The molecule has 2 amide bonds. The van der Waals surface area contributed by atoms with Crippen molar-refractivity contribution in [2.24, 2.45) is 0 Å². The van der Waals surface area contributed by atoms with E-state index in [1.54, 1.807) is 12.1 Å². The zero-order chi connectivity index (χ0) is 17.6. The van der Waals surface area contributed by atoms with Crippen molar-refractivity contribution < 1.29 is 14.7 Å². The number of likely N-dealkylation sites (tertiary alicyclic amines) is 2. The van der Waals surface area contributed by atoms with Crippen LogP contribution in [0.15, 0.2) is 24.3 Å². The molecule has 0 unspecified atom stereocenters. The predicted octanol–water partition coefficient (Wildman–Crippen LogP) is 3.32. The Hall–Kier alpha value is -2.08. The number of aliphatic carboxylic acids is 1. The van der Waals surface area contributed by atoms with E-state index in [0.29, 0.717) is 5.69 Å². The summed E-state index contributed by atoms with van der Waals surface area (Å²) in [5.41, 5.74) is 1.48. The third kappa shape index (κ3) is 4.51. The molecule has 6 heteroatoms. The topological polar surface area (TPSA) is 72.9 Å². The van der Waals surface area contributed by atoms with E-state index >= 15 is 0 Å². The van der Waals surface area contributed by atoms with Gasteiger partial charge >= 0.3 is 12.0 Å². The van der Waals surface area contributed by atoms with Crippen LogP contribution in [0.4, 0.5) is 10.5 Å². The van der Waals surface area contributed by atoms with Gasteiger partial charge in [-0.3, -0.25) is 9.69 Å². The molecule has 25 heavy (non-hydrogen) atoms. The molecule has 0 radical (unpaired) electrons. The van der Waals surface area contributed by atoms with Crippen LogP contribution >= 0.6 is 0 Å². The van der Waals surface area contributed by atoms with Crippen LogP contribution in [0.25, 0.3) is 0 Å². The van der Waals surface area contributed by atoms with Crippen molar-refractivity contribution in [3.05, 3.63) is 29.8 Å². The number of benzene rings is 1.